The van der Waals surface area contributed by atoms with Crippen LogP contribution in [0.1, 0.15) is 56.7 Å². The molecule has 9 nitrogen and oxygen atoms in total. The van der Waals surface area contributed by atoms with Crippen molar-refractivity contribution >= 4 is 46.6 Å². The van der Waals surface area contributed by atoms with Crippen molar-refractivity contribution < 1.29 is 14.4 Å². The molecule has 0 saturated carbocycles. The number of benzene rings is 1. The summed E-state index contributed by atoms with van der Waals surface area (Å²) in [4.78, 5) is 42.6. The Morgan fingerprint density at radius 2 is 1.85 bits per heavy atom. The van der Waals surface area contributed by atoms with Crippen molar-refractivity contribution in [1.29, 1.82) is 0 Å². The van der Waals surface area contributed by atoms with Gasteiger partial charge in [0.2, 0.25) is 0 Å². The van der Waals surface area contributed by atoms with E-state index in [1.165, 1.54) is 30.1 Å². The van der Waals surface area contributed by atoms with Crippen molar-refractivity contribution in [2.45, 2.75) is 26.7 Å². The smallest absolute Gasteiger partial charge is 0.274 e. The number of carbonyl (C=O) groups is 3. The maximum atomic E-state index is 13.4. The van der Waals surface area contributed by atoms with E-state index >= 15 is 0 Å². The summed E-state index contributed by atoms with van der Waals surface area (Å²) in [6.45, 7) is 4.21. The van der Waals surface area contributed by atoms with E-state index in [9.17, 15) is 14.4 Å². The highest BCUT2D eigenvalue weighted by Gasteiger charge is 2.24. The molecule has 0 aliphatic rings. The number of unbranched alkanes of at least 4 members (excludes halogenated alkanes) is 1. The molecule has 3 rings (SSSR count). The zero-order valence-electron chi connectivity index (χ0n) is 18.9. The van der Waals surface area contributed by atoms with Crippen molar-refractivity contribution in [3.05, 3.63) is 69.1 Å². The molecule has 3 aromatic rings. The third-order valence-corrected chi connectivity index (χ3v) is 5.45. The zero-order chi connectivity index (χ0) is 24.8. The molecule has 178 valence electrons. The molecule has 1 aromatic carbocycles. The van der Waals surface area contributed by atoms with E-state index in [4.69, 9.17) is 23.2 Å². The Kier molecular flexibility index (Phi) is 8.25. The molecule has 3 amide bonds. The summed E-state index contributed by atoms with van der Waals surface area (Å²) in [5, 5.41) is 12.9. The fraction of sp³-hybridized carbons (Fsp3) is 0.261. The van der Waals surface area contributed by atoms with Gasteiger partial charge in [-0.1, -0.05) is 36.5 Å². The molecule has 11 heteroatoms. The average Bonchev–Trinajstić information content (AvgIpc) is 3.26. The third-order valence-electron chi connectivity index (χ3n) is 4.94. The first kappa shape index (κ1) is 25.2. The van der Waals surface area contributed by atoms with Crippen LogP contribution in [-0.2, 0) is 0 Å². The van der Waals surface area contributed by atoms with Crippen molar-refractivity contribution in [2.75, 3.05) is 18.9 Å². The van der Waals surface area contributed by atoms with Gasteiger partial charge in [-0.2, -0.15) is 5.10 Å². The standard InChI is InChI=1S/C23H24Cl2N6O3/c1-4-5-8-28-22(33)17-12-18(31(30-17)20-16(25)7-6-9-27-20)23(34)29-19-13(2)10-14(24)11-15(19)21(32)26-3/h6-7,9-12H,4-5,8H2,1-3H3,(H,26,32)(H,28,33)(H,29,34). The lowest BCUT2D eigenvalue weighted by atomic mass is 10.1. The minimum atomic E-state index is -0.614. The summed E-state index contributed by atoms with van der Waals surface area (Å²) in [5.41, 5.74) is 1.10. The summed E-state index contributed by atoms with van der Waals surface area (Å²) in [6, 6.07) is 7.68. The van der Waals surface area contributed by atoms with E-state index in [0.717, 1.165) is 12.8 Å². The molecule has 0 saturated heterocycles. The Labute approximate surface area is 206 Å². The monoisotopic (exact) mass is 502 g/mol. The van der Waals surface area contributed by atoms with Crippen LogP contribution in [-0.4, -0.2) is 46.1 Å². The lowest BCUT2D eigenvalue weighted by molar-refractivity contribution is 0.0944. The number of halogens is 2. The van der Waals surface area contributed by atoms with Crippen LogP contribution < -0.4 is 16.0 Å². The Morgan fingerprint density at radius 1 is 1.09 bits per heavy atom. The normalized spacial score (nSPS) is 10.6. The van der Waals surface area contributed by atoms with E-state index in [1.54, 1.807) is 25.1 Å². The summed E-state index contributed by atoms with van der Waals surface area (Å²) in [7, 11) is 1.48. The molecule has 0 aliphatic carbocycles. The molecular formula is C23H24Cl2N6O3. The third kappa shape index (κ3) is 5.55. The SMILES string of the molecule is CCCCNC(=O)c1cc(C(=O)Nc2c(C)cc(Cl)cc2C(=O)NC)n(-c2ncccc2Cl)n1. The van der Waals surface area contributed by atoms with Gasteiger partial charge in [-0.25, -0.2) is 9.67 Å². The first-order chi connectivity index (χ1) is 16.3. The van der Waals surface area contributed by atoms with Crippen molar-refractivity contribution in [1.82, 2.24) is 25.4 Å². The number of nitrogens with zero attached hydrogens (tertiary/aromatic N) is 3. The minimum absolute atomic E-state index is 0.0125. The number of pyridine rings is 1. The molecule has 0 aliphatic heterocycles. The Morgan fingerprint density at radius 3 is 2.53 bits per heavy atom. The van der Waals surface area contributed by atoms with Gasteiger partial charge in [0, 0.05) is 30.9 Å². The molecular weight excluding hydrogens is 479 g/mol. The minimum Gasteiger partial charge on any atom is -0.355 e. The number of anilines is 1. The van der Waals surface area contributed by atoms with E-state index in [2.05, 4.69) is 26.0 Å². The van der Waals surface area contributed by atoms with Crippen LogP contribution >= 0.6 is 23.2 Å². The van der Waals surface area contributed by atoms with Gasteiger partial charge < -0.3 is 16.0 Å². The quantitative estimate of drug-likeness (QED) is 0.402. The molecule has 34 heavy (non-hydrogen) atoms. The first-order valence-corrected chi connectivity index (χ1v) is 11.3. The Hall–Kier alpha value is -3.43. The first-order valence-electron chi connectivity index (χ1n) is 10.6. The van der Waals surface area contributed by atoms with Crippen molar-refractivity contribution in [3.63, 3.8) is 0 Å². The maximum absolute atomic E-state index is 13.4. The summed E-state index contributed by atoms with van der Waals surface area (Å²) in [6.07, 6.45) is 3.22. The van der Waals surface area contributed by atoms with Gasteiger partial charge in [-0.3, -0.25) is 14.4 Å². The highest BCUT2D eigenvalue weighted by atomic mass is 35.5. The van der Waals surface area contributed by atoms with Gasteiger partial charge in [-0.15, -0.1) is 0 Å². The van der Waals surface area contributed by atoms with Crippen LogP contribution in [0.15, 0.2) is 36.5 Å². The van der Waals surface area contributed by atoms with E-state index in [-0.39, 0.29) is 33.5 Å². The van der Waals surface area contributed by atoms with Gasteiger partial charge in [-0.05, 0) is 43.2 Å². The van der Waals surface area contributed by atoms with E-state index in [1.807, 2.05) is 6.92 Å². The molecule has 2 aromatic heterocycles. The molecule has 0 radical (unpaired) electrons. The van der Waals surface area contributed by atoms with Crippen LogP contribution in [0.2, 0.25) is 10.0 Å². The maximum Gasteiger partial charge on any atom is 0.274 e. The van der Waals surface area contributed by atoms with Gasteiger partial charge in [0.15, 0.2) is 11.5 Å². The van der Waals surface area contributed by atoms with E-state index in [0.29, 0.717) is 17.1 Å². The largest absolute Gasteiger partial charge is 0.355 e. The topological polar surface area (TPSA) is 118 Å². The highest BCUT2D eigenvalue weighted by molar-refractivity contribution is 6.32. The lowest BCUT2D eigenvalue weighted by Gasteiger charge is -2.14. The predicted molar refractivity (Wildman–Crippen MR) is 131 cm³/mol. The van der Waals surface area contributed by atoms with Crippen LogP contribution in [0.4, 0.5) is 5.69 Å². The summed E-state index contributed by atoms with van der Waals surface area (Å²) >= 11 is 12.4. The number of rotatable bonds is 8. The second kappa shape index (κ2) is 11.1. The van der Waals surface area contributed by atoms with Crippen LogP contribution in [0.25, 0.3) is 5.82 Å². The molecule has 3 N–H and O–H groups in total. The number of carbonyl (C=O) groups excluding carboxylic acids is 3. The predicted octanol–water partition coefficient (Wildman–Crippen LogP) is 4.02. The zero-order valence-corrected chi connectivity index (χ0v) is 20.4. The molecule has 0 atom stereocenters. The Bertz CT molecular complexity index is 1240. The highest BCUT2D eigenvalue weighted by Crippen LogP contribution is 2.27. The van der Waals surface area contributed by atoms with Crippen LogP contribution in [0.5, 0.6) is 0 Å². The summed E-state index contributed by atoms with van der Waals surface area (Å²) < 4.78 is 1.21. The van der Waals surface area contributed by atoms with Gasteiger partial charge in [0.1, 0.15) is 5.69 Å². The molecule has 0 spiro atoms. The lowest BCUT2D eigenvalue weighted by Crippen LogP contribution is -2.24. The number of hydrogen-bond acceptors (Lipinski definition) is 5. The average molecular weight is 503 g/mol. The van der Waals surface area contributed by atoms with Crippen molar-refractivity contribution in [2.24, 2.45) is 0 Å². The van der Waals surface area contributed by atoms with Crippen LogP contribution in [0, 0.1) is 6.92 Å². The summed E-state index contributed by atoms with van der Waals surface area (Å²) in [5.74, 6) is -1.28. The van der Waals surface area contributed by atoms with Gasteiger partial charge >= 0.3 is 0 Å². The second-order valence-electron chi connectivity index (χ2n) is 7.42. The fourth-order valence-electron chi connectivity index (χ4n) is 3.22. The number of aromatic nitrogens is 3. The van der Waals surface area contributed by atoms with Crippen molar-refractivity contribution in [3.8, 4) is 5.82 Å². The Balaban J connectivity index is 2.05. The number of aryl methyl sites for hydroxylation is 1. The second-order valence-corrected chi connectivity index (χ2v) is 8.27. The molecule has 0 unspecified atom stereocenters. The van der Waals surface area contributed by atoms with E-state index < -0.39 is 17.7 Å². The number of hydrogen-bond donors (Lipinski definition) is 3. The molecule has 2 heterocycles. The molecule has 0 bridgehead atoms. The van der Waals surface area contributed by atoms with Gasteiger partial charge in [0.05, 0.1) is 16.3 Å². The molecule has 0 fully saturated rings. The fourth-order valence-corrected chi connectivity index (χ4v) is 3.69. The number of amides is 3. The van der Waals surface area contributed by atoms with Gasteiger partial charge in [0.25, 0.3) is 17.7 Å². The van der Waals surface area contributed by atoms with Crippen LogP contribution in [0.3, 0.4) is 0 Å². The number of nitrogens with one attached hydrogen (secondary N) is 3.